The Morgan fingerprint density at radius 2 is 2.33 bits per heavy atom. The summed E-state index contributed by atoms with van der Waals surface area (Å²) < 4.78 is 1.05. The lowest BCUT2D eigenvalue weighted by Crippen LogP contribution is -1.76. The lowest BCUT2D eigenvalue weighted by molar-refractivity contribution is 0.983. The van der Waals surface area contributed by atoms with Gasteiger partial charge in [0.2, 0.25) is 0 Å². The summed E-state index contributed by atoms with van der Waals surface area (Å²) in [7, 11) is 0. The Labute approximate surface area is 80.8 Å². The van der Waals surface area contributed by atoms with Gasteiger partial charge in [-0.15, -0.1) is 22.0 Å². The van der Waals surface area contributed by atoms with E-state index in [1.807, 2.05) is 13.8 Å². The van der Waals surface area contributed by atoms with Crippen LogP contribution in [-0.2, 0) is 0 Å². The van der Waals surface area contributed by atoms with E-state index in [2.05, 4.69) is 22.0 Å². The van der Waals surface area contributed by atoms with Gasteiger partial charge in [0.25, 0.3) is 0 Å². The number of hydrogen-bond acceptors (Lipinski definition) is 4. The van der Waals surface area contributed by atoms with E-state index < -0.39 is 0 Å². The molecule has 2 nitrogen and oxygen atoms in total. The summed E-state index contributed by atoms with van der Waals surface area (Å²) in [6.07, 6.45) is 0.930. The molecule has 0 aliphatic carbocycles. The summed E-state index contributed by atoms with van der Waals surface area (Å²) >= 11 is 3.36. The van der Waals surface area contributed by atoms with E-state index in [9.17, 15) is 0 Å². The Hall–Kier alpha value is -0.530. The van der Waals surface area contributed by atoms with Gasteiger partial charge < -0.3 is 0 Å². The van der Waals surface area contributed by atoms with Gasteiger partial charge in [-0.3, -0.25) is 0 Å². The molecule has 64 valence electrons. The summed E-state index contributed by atoms with van der Waals surface area (Å²) in [6, 6.07) is 0. The van der Waals surface area contributed by atoms with Crippen molar-refractivity contribution in [3.8, 4) is 11.8 Å². The molecule has 0 amide bonds. The third-order valence-electron chi connectivity index (χ3n) is 1.14. The van der Waals surface area contributed by atoms with Crippen LogP contribution in [0.3, 0.4) is 0 Å². The standard InChI is InChI=1S/C8H10N2S2/c1-3-4-5-6-11-8-10-9-7(2)12-8/h5-6H2,1-2H3. The molecule has 0 bridgehead atoms. The van der Waals surface area contributed by atoms with Crippen LogP contribution in [0.2, 0.25) is 0 Å². The van der Waals surface area contributed by atoms with Crippen LogP contribution in [0.4, 0.5) is 0 Å². The molecule has 0 radical (unpaired) electrons. The van der Waals surface area contributed by atoms with Crippen molar-refractivity contribution in [2.45, 2.75) is 24.6 Å². The van der Waals surface area contributed by atoms with Crippen molar-refractivity contribution in [2.75, 3.05) is 5.75 Å². The molecule has 0 fully saturated rings. The van der Waals surface area contributed by atoms with Crippen LogP contribution >= 0.6 is 23.1 Å². The first-order valence-corrected chi connectivity index (χ1v) is 5.45. The molecule has 0 unspecified atom stereocenters. The number of rotatable bonds is 3. The smallest absolute Gasteiger partial charge is 0.143 e. The SMILES string of the molecule is CC#CCCSc1nnc(C)s1. The Bertz CT molecular complexity index is 295. The lowest BCUT2D eigenvalue weighted by atomic mass is 10.5. The van der Waals surface area contributed by atoms with Crippen LogP contribution in [0.15, 0.2) is 4.34 Å². The first-order valence-electron chi connectivity index (χ1n) is 3.65. The lowest BCUT2D eigenvalue weighted by Gasteiger charge is -1.88. The van der Waals surface area contributed by atoms with Crippen molar-refractivity contribution in [1.29, 1.82) is 0 Å². The predicted molar refractivity (Wildman–Crippen MR) is 53.4 cm³/mol. The van der Waals surface area contributed by atoms with E-state index in [1.165, 1.54) is 0 Å². The first-order chi connectivity index (χ1) is 5.83. The molecular formula is C8H10N2S2. The highest BCUT2D eigenvalue weighted by atomic mass is 32.2. The van der Waals surface area contributed by atoms with Gasteiger partial charge in [-0.1, -0.05) is 23.1 Å². The van der Waals surface area contributed by atoms with Crippen LogP contribution in [-0.4, -0.2) is 16.0 Å². The number of nitrogens with zero attached hydrogens (tertiary/aromatic N) is 2. The maximum Gasteiger partial charge on any atom is 0.174 e. The van der Waals surface area contributed by atoms with E-state index >= 15 is 0 Å². The van der Waals surface area contributed by atoms with Crippen LogP contribution in [0.25, 0.3) is 0 Å². The van der Waals surface area contributed by atoms with Gasteiger partial charge in [0, 0.05) is 12.2 Å². The minimum atomic E-state index is 0.930. The Morgan fingerprint density at radius 1 is 1.50 bits per heavy atom. The molecule has 1 rings (SSSR count). The normalized spacial score (nSPS) is 9.17. The third kappa shape index (κ3) is 3.24. The van der Waals surface area contributed by atoms with E-state index in [-0.39, 0.29) is 0 Å². The van der Waals surface area contributed by atoms with E-state index in [0.717, 1.165) is 21.5 Å². The molecule has 1 heterocycles. The zero-order valence-electron chi connectivity index (χ0n) is 7.13. The molecule has 1 aromatic rings. The minimum absolute atomic E-state index is 0.930. The maximum atomic E-state index is 4.00. The Morgan fingerprint density at radius 3 is 2.92 bits per heavy atom. The molecule has 1 aromatic heterocycles. The molecule has 0 aliphatic rings. The number of hydrogen-bond donors (Lipinski definition) is 0. The summed E-state index contributed by atoms with van der Waals surface area (Å²) in [5.74, 6) is 6.88. The molecular weight excluding hydrogens is 188 g/mol. The molecule has 0 spiro atoms. The Kier molecular flexibility index (Phi) is 4.12. The zero-order valence-corrected chi connectivity index (χ0v) is 8.76. The van der Waals surface area contributed by atoms with Crippen molar-refractivity contribution in [3.63, 3.8) is 0 Å². The monoisotopic (exact) mass is 198 g/mol. The number of aryl methyl sites for hydroxylation is 1. The van der Waals surface area contributed by atoms with Gasteiger partial charge in [-0.25, -0.2) is 0 Å². The van der Waals surface area contributed by atoms with Crippen molar-refractivity contribution < 1.29 is 0 Å². The van der Waals surface area contributed by atoms with Crippen LogP contribution < -0.4 is 0 Å². The van der Waals surface area contributed by atoms with Gasteiger partial charge in [0.15, 0.2) is 4.34 Å². The topological polar surface area (TPSA) is 25.8 Å². The molecule has 4 heteroatoms. The fraction of sp³-hybridized carbons (Fsp3) is 0.500. The zero-order chi connectivity index (χ0) is 8.81. The average molecular weight is 198 g/mol. The van der Waals surface area contributed by atoms with Crippen molar-refractivity contribution >= 4 is 23.1 Å². The largest absolute Gasteiger partial charge is 0.174 e. The first kappa shape index (κ1) is 9.56. The van der Waals surface area contributed by atoms with Crippen LogP contribution in [0.5, 0.6) is 0 Å². The fourth-order valence-corrected chi connectivity index (χ4v) is 2.39. The molecule has 0 saturated carbocycles. The summed E-state index contributed by atoms with van der Waals surface area (Å²) in [6.45, 7) is 3.83. The Balaban J connectivity index is 2.27. The summed E-state index contributed by atoms with van der Waals surface area (Å²) in [5, 5.41) is 8.95. The number of thioether (sulfide) groups is 1. The summed E-state index contributed by atoms with van der Waals surface area (Å²) in [5.41, 5.74) is 0. The summed E-state index contributed by atoms with van der Waals surface area (Å²) in [4.78, 5) is 0. The van der Waals surface area contributed by atoms with Gasteiger partial charge in [0.1, 0.15) is 5.01 Å². The molecule has 12 heavy (non-hydrogen) atoms. The van der Waals surface area contributed by atoms with Gasteiger partial charge in [0.05, 0.1) is 0 Å². The van der Waals surface area contributed by atoms with Gasteiger partial charge >= 0.3 is 0 Å². The second-order valence-electron chi connectivity index (χ2n) is 2.11. The molecule has 0 N–H and O–H groups in total. The second kappa shape index (κ2) is 5.18. The maximum absolute atomic E-state index is 4.00. The van der Waals surface area contributed by atoms with Gasteiger partial charge in [-0.05, 0) is 13.8 Å². The van der Waals surface area contributed by atoms with Crippen molar-refractivity contribution in [2.24, 2.45) is 0 Å². The quantitative estimate of drug-likeness (QED) is 0.423. The molecule has 0 aliphatic heterocycles. The highest BCUT2D eigenvalue weighted by Gasteiger charge is 1.98. The van der Waals surface area contributed by atoms with E-state index in [4.69, 9.17) is 0 Å². The highest BCUT2D eigenvalue weighted by Crippen LogP contribution is 2.21. The van der Waals surface area contributed by atoms with Crippen LogP contribution in [0, 0.1) is 18.8 Å². The van der Waals surface area contributed by atoms with Gasteiger partial charge in [-0.2, -0.15) is 0 Å². The fourth-order valence-electron chi connectivity index (χ4n) is 0.651. The molecule has 0 saturated heterocycles. The van der Waals surface area contributed by atoms with Crippen molar-refractivity contribution in [1.82, 2.24) is 10.2 Å². The molecule has 0 atom stereocenters. The average Bonchev–Trinajstić information content (AvgIpc) is 2.45. The van der Waals surface area contributed by atoms with Crippen molar-refractivity contribution in [3.05, 3.63) is 5.01 Å². The number of aromatic nitrogens is 2. The highest BCUT2D eigenvalue weighted by molar-refractivity contribution is 8.01. The minimum Gasteiger partial charge on any atom is -0.143 e. The predicted octanol–water partition coefficient (Wildman–Crippen LogP) is 2.35. The van der Waals surface area contributed by atoms with E-state index in [0.29, 0.717) is 0 Å². The second-order valence-corrected chi connectivity index (χ2v) is 4.64. The third-order valence-corrected chi connectivity index (χ3v) is 3.11. The molecule has 0 aromatic carbocycles. The van der Waals surface area contributed by atoms with E-state index in [1.54, 1.807) is 23.1 Å². The van der Waals surface area contributed by atoms with Crippen LogP contribution in [0.1, 0.15) is 18.4 Å².